The monoisotopic (exact) mass is 243 g/mol. The second-order valence-electron chi connectivity index (χ2n) is 4.05. The van der Waals surface area contributed by atoms with Gasteiger partial charge < -0.3 is 5.32 Å². The molecule has 94 valence electrons. The largest absolute Gasteiger partial charge is 0.354 e. The second-order valence-corrected chi connectivity index (χ2v) is 4.05. The Bertz CT molecular complexity index is 498. The lowest BCUT2D eigenvalue weighted by Gasteiger charge is -2.06. The zero-order valence-electron chi connectivity index (χ0n) is 10.7. The molecule has 0 aliphatic carbocycles. The lowest BCUT2D eigenvalue weighted by Crippen LogP contribution is -2.08. The van der Waals surface area contributed by atoms with Crippen molar-refractivity contribution in [3.05, 3.63) is 30.4 Å². The zero-order valence-corrected chi connectivity index (χ0v) is 10.7. The second kappa shape index (κ2) is 6.05. The number of aromatic nitrogens is 4. The van der Waals surface area contributed by atoms with Crippen LogP contribution in [0.25, 0.3) is 11.4 Å². The first-order valence-electron chi connectivity index (χ1n) is 6.16. The Kier molecular flexibility index (Phi) is 4.17. The molecule has 0 spiro atoms. The van der Waals surface area contributed by atoms with Crippen molar-refractivity contribution in [3.8, 4) is 11.4 Å². The number of anilines is 1. The molecule has 0 saturated carbocycles. The maximum Gasteiger partial charge on any atom is 0.226 e. The first-order valence-corrected chi connectivity index (χ1v) is 6.16. The predicted octanol–water partition coefficient (Wildman–Crippen LogP) is 2.45. The molecule has 0 unspecified atom stereocenters. The van der Waals surface area contributed by atoms with Crippen molar-refractivity contribution in [1.29, 1.82) is 0 Å². The summed E-state index contributed by atoms with van der Waals surface area (Å²) in [4.78, 5) is 17.0. The molecule has 5 nitrogen and oxygen atoms in total. The van der Waals surface area contributed by atoms with E-state index in [4.69, 9.17) is 0 Å². The molecule has 0 bridgehead atoms. The van der Waals surface area contributed by atoms with Crippen LogP contribution in [0, 0.1) is 6.92 Å². The van der Waals surface area contributed by atoms with E-state index in [0.29, 0.717) is 11.8 Å². The number of unbranched alkanes of at least 4 members (excludes halogenated alkanes) is 1. The van der Waals surface area contributed by atoms with Crippen molar-refractivity contribution in [3.63, 3.8) is 0 Å². The minimum atomic E-state index is 0.641. The molecule has 0 aromatic carbocycles. The molecule has 2 rings (SSSR count). The highest BCUT2D eigenvalue weighted by molar-refractivity contribution is 5.54. The first kappa shape index (κ1) is 12.4. The lowest BCUT2D eigenvalue weighted by molar-refractivity contribution is 0.822. The van der Waals surface area contributed by atoms with Crippen molar-refractivity contribution >= 4 is 5.95 Å². The highest BCUT2D eigenvalue weighted by Gasteiger charge is 2.05. The van der Waals surface area contributed by atoms with Gasteiger partial charge in [-0.25, -0.2) is 4.98 Å². The van der Waals surface area contributed by atoms with E-state index in [9.17, 15) is 0 Å². The van der Waals surface area contributed by atoms with E-state index in [1.807, 2.05) is 19.1 Å². The average molecular weight is 243 g/mol. The van der Waals surface area contributed by atoms with Crippen molar-refractivity contribution in [2.75, 3.05) is 11.9 Å². The van der Waals surface area contributed by atoms with E-state index in [-0.39, 0.29) is 0 Å². The summed E-state index contributed by atoms with van der Waals surface area (Å²) >= 11 is 0. The lowest BCUT2D eigenvalue weighted by atomic mass is 10.2. The number of nitrogens with one attached hydrogen (secondary N) is 1. The highest BCUT2D eigenvalue weighted by Crippen LogP contribution is 2.14. The van der Waals surface area contributed by atoms with Gasteiger partial charge in [0.15, 0.2) is 5.82 Å². The average Bonchev–Trinajstić information content (AvgIpc) is 2.39. The van der Waals surface area contributed by atoms with Crippen LogP contribution in [0.1, 0.15) is 25.6 Å². The topological polar surface area (TPSA) is 63.6 Å². The van der Waals surface area contributed by atoms with Crippen LogP contribution in [0.15, 0.2) is 24.5 Å². The van der Waals surface area contributed by atoms with Crippen LogP contribution in [0.2, 0.25) is 0 Å². The molecule has 2 aromatic heterocycles. The van der Waals surface area contributed by atoms with E-state index in [1.165, 1.54) is 0 Å². The van der Waals surface area contributed by atoms with Gasteiger partial charge in [-0.3, -0.25) is 4.98 Å². The Morgan fingerprint density at radius 1 is 1.11 bits per heavy atom. The van der Waals surface area contributed by atoms with E-state index in [2.05, 4.69) is 32.2 Å². The Hall–Kier alpha value is -2.04. The van der Waals surface area contributed by atoms with E-state index >= 15 is 0 Å². The maximum atomic E-state index is 4.41. The fourth-order valence-electron chi connectivity index (χ4n) is 1.57. The van der Waals surface area contributed by atoms with Crippen LogP contribution < -0.4 is 5.32 Å². The van der Waals surface area contributed by atoms with Crippen molar-refractivity contribution < 1.29 is 0 Å². The molecule has 1 N–H and O–H groups in total. The van der Waals surface area contributed by atoms with Crippen LogP contribution >= 0.6 is 0 Å². The quantitative estimate of drug-likeness (QED) is 0.817. The molecule has 0 amide bonds. The summed E-state index contributed by atoms with van der Waals surface area (Å²) in [5, 5.41) is 3.22. The minimum absolute atomic E-state index is 0.641. The normalized spacial score (nSPS) is 10.3. The molecular formula is C13H17N5. The fraction of sp³-hybridized carbons (Fsp3) is 0.385. The SMILES string of the molecule is CCCCNc1nc(C)nc(-c2ccncc2)n1. The van der Waals surface area contributed by atoms with Gasteiger partial charge in [0, 0.05) is 24.5 Å². The van der Waals surface area contributed by atoms with Gasteiger partial charge in [0.25, 0.3) is 0 Å². The standard InChI is InChI=1S/C13H17N5/c1-3-4-7-15-13-17-10(2)16-12(18-13)11-5-8-14-9-6-11/h5-6,8-9H,3-4,7H2,1-2H3,(H,15,16,17,18). The summed E-state index contributed by atoms with van der Waals surface area (Å²) in [6.07, 6.45) is 5.72. The van der Waals surface area contributed by atoms with Crippen LogP contribution in [-0.4, -0.2) is 26.5 Å². The van der Waals surface area contributed by atoms with Gasteiger partial charge in [0.05, 0.1) is 0 Å². The molecule has 2 aromatic rings. The summed E-state index contributed by atoms with van der Waals surface area (Å²) in [6, 6.07) is 3.79. The third kappa shape index (κ3) is 3.23. The van der Waals surface area contributed by atoms with E-state index in [0.717, 1.165) is 30.8 Å². The number of aryl methyl sites for hydroxylation is 1. The van der Waals surface area contributed by atoms with Gasteiger partial charge in [-0.2, -0.15) is 9.97 Å². The van der Waals surface area contributed by atoms with Crippen molar-refractivity contribution in [2.24, 2.45) is 0 Å². The Balaban J connectivity index is 2.21. The molecule has 0 radical (unpaired) electrons. The number of nitrogens with zero attached hydrogens (tertiary/aromatic N) is 4. The summed E-state index contributed by atoms with van der Waals surface area (Å²) in [5.74, 6) is 2.04. The maximum absolute atomic E-state index is 4.41. The van der Waals surface area contributed by atoms with Gasteiger partial charge in [-0.1, -0.05) is 13.3 Å². The Morgan fingerprint density at radius 3 is 2.61 bits per heavy atom. The molecule has 5 heteroatoms. The van der Waals surface area contributed by atoms with Gasteiger partial charge in [-0.05, 0) is 25.5 Å². The van der Waals surface area contributed by atoms with Crippen molar-refractivity contribution in [1.82, 2.24) is 19.9 Å². The zero-order chi connectivity index (χ0) is 12.8. The highest BCUT2D eigenvalue weighted by atomic mass is 15.1. The molecule has 18 heavy (non-hydrogen) atoms. The molecule has 0 aliphatic rings. The number of hydrogen-bond donors (Lipinski definition) is 1. The van der Waals surface area contributed by atoms with Gasteiger partial charge in [-0.15, -0.1) is 0 Å². The van der Waals surface area contributed by atoms with Crippen molar-refractivity contribution in [2.45, 2.75) is 26.7 Å². The molecular weight excluding hydrogens is 226 g/mol. The van der Waals surface area contributed by atoms with Gasteiger partial charge in [0.1, 0.15) is 5.82 Å². The Morgan fingerprint density at radius 2 is 1.89 bits per heavy atom. The summed E-state index contributed by atoms with van der Waals surface area (Å²) < 4.78 is 0. The third-order valence-electron chi connectivity index (χ3n) is 2.50. The number of pyridine rings is 1. The minimum Gasteiger partial charge on any atom is -0.354 e. The van der Waals surface area contributed by atoms with Gasteiger partial charge >= 0.3 is 0 Å². The summed E-state index contributed by atoms with van der Waals surface area (Å²) in [7, 11) is 0. The van der Waals surface area contributed by atoms with E-state index < -0.39 is 0 Å². The molecule has 0 atom stereocenters. The fourth-order valence-corrected chi connectivity index (χ4v) is 1.57. The Labute approximate surface area is 107 Å². The van der Waals surface area contributed by atoms with E-state index in [1.54, 1.807) is 12.4 Å². The first-order chi connectivity index (χ1) is 8.79. The molecule has 0 fully saturated rings. The summed E-state index contributed by atoms with van der Waals surface area (Å²) in [6.45, 7) is 4.91. The van der Waals surface area contributed by atoms with Gasteiger partial charge in [0.2, 0.25) is 5.95 Å². The van der Waals surface area contributed by atoms with Crippen LogP contribution in [0.5, 0.6) is 0 Å². The number of rotatable bonds is 5. The molecule has 0 aliphatic heterocycles. The molecule has 0 saturated heterocycles. The number of hydrogen-bond acceptors (Lipinski definition) is 5. The molecule has 2 heterocycles. The van der Waals surface area contributed by atoms with Crippen LogP contribution in [0.4, 0.5) is 5.95 Å². The smallest absolute Gasteiger partial charge is 0.226 e. The summed E-state index contributed by atoms with van der Waals surface area (Å²) in [5.41, 5.74) is 0.953. The predicted molar refractivity (Wildman–Crippen MR) is 71.2 cm³/mol. The van der Waals surface area contributed by atoms with Crippen LogP contribution in [0.3, 0.4) is 0 Å². The third-order valence-corrected chi connectivity index (χ3v) is 2.50. The van der Waals surface area contributed by atoms with Crippen LogP contribution in [-0.2, 0) is 0 Å².